The molecule has 5 atom stereocenters. The number of nitrogens with one attached hydrogen (secondary N) is 2. The predicted molar refractivity (Wildman–Crippen MR) is 151 cm³/mol. The monoisotopic (exact) mass is 574 g/mol. The Labute approximate surface area is 242 Å². The standard InChI is InChI=1S/C30H46N4O7/c1-8-16(2)21(35)13-12-19(33-28(40)41-29(3,4)5)27(39)34-15-18-22(30(18,6)7)23(34)26(38)32-20(24(36)25(31)37)14-17-10-9-11-17/h8,17-20,22-23H,9-15H2,1-7H3,(H2,31,37)(H,32,38)(H,33,40)/t18?,19-,20?,22-,23?/m0/s1. The highest BCUT2D eigenvalue weighted by Gasteiger charge is 2.69. The van der Waals surface area contributed by atoms with Gasteiger partial charge in [0.2, 0.25) is 17.6 Å². The van der Waals surface area contributed by atoms with Crippen LogP contribution in [0.1, 0.15) is 87.0 Å². The second kappa shape index (κ2) is 12.3. The van der Waals surface area contributed by atoms with Crippen LogP contribution in [0, 0.1) is 23.2 Å². The Hall–Kier alpha value is -3.24. The molecule has 2 aliphatic carbocycles. The maximum atomic E-state index is 14.0. The lowest BCUT2D eigenvalue weighted by Gasteiger charge is -2.35. The van der Waals surface area contributed by atoms with Crippen molar-refractivity contribution in [1.82, 2.24) is 15.5 Å². The van der Waals surface area contributed by atoms with Crippen LogP contribution in [0.25, 0.3) is 0 Å². The number of rotatable bonds is 12. The van der Waals surface area contributed by atoms with Gasteiger partial charge in [0.1, 0.15) is 17.7 Å². The lowest BCUT2D eigenvalue weighted by Crippen LogP contribution is -2.58. The predicted octanol–water partition coefficient (Wildman–Crippen LogP) is 2.41. The Kier molecular flexibility index (Phi) is 9.70. The fraction of sp³-hybridized carbons (Fsp3) is 0.733. The number of carbonyl (C=O) groups is 6. The molecule has 3 fully saturated rings. The number of amides is 4. The van der Waals surface area contributed by atoms with Gasteiger partial charge in [-0.1, -0.05) is 39.2 Å². The summed E-state index contributed by atoms with van der Waals surface area (Å²) in [4.78, 5) is 78.7. The number of allylic oxidation sites excluding steroid dienone is 2. The molecule has 0 aromatic carbocycles. The molecule has 1 saturated heterocycles. The summed E-state index contributed by atoms with van der Waals surface area (Å²) in [5, 5.41) is 5.36. The zero-order valence-corrected chi connectivity index (χ0v) is 25.4. The van der Waals surface area contributed by atoms with Gasteiger partial charge < -0.3 is 26.0 Å². The number of likely N-dealkylation sites (tertiary alicyclic amines) is 1. The molecule has 228 valence electrons. The fourth-order valence-corrected chi connectivity index (χ4v) is 6.08. The van der Waals surface area contributed by atoms with Crippen LogP contribution in [0.4, 0.5) is 4.79 Å². The molecular formula is C30H46N4O7. The van der Waals surface area contributed by atoms with E-state index >= 15 is 0 Å². The molecule has 0 spiro atoms. The zero-order chi connectivity index (χ0) is 30.9. The van der Waals surface area contributed by atoms with Crippen molar-refractivity contribution in [2.45, 2.75) is 111 Å². The molecule has 4 N–H and O–H groups in total. The summed E-state index contributed by atoms with van der Waals surface area (Å²) in [7, 11) is 0. The highest BCUT2D eigenvalue weighted by molar-refractivity contribution is 6.37. The van der Waals surface area contributed by atoms with Crippen LogP contribution in [-0.4, -0.2) is 70.6 Å². The minimum atomic E-state index is -1.11. The van der Waals surface area contributed by atoms with Crippen LogP contribution in [0.15, 0.2) is 11.6 Å². The van der Waals surface area contributed by atoms with E-state index in [0.29, 0.717) is 18.5 Å². The number of carbonyl (C=O) groups excluding carboxylic acids is 6. The van der Waals surface area contributed by atoms with Crippen molar-refractivity contribution in [3.05, 3.63) is 11.6 Å². The Morgan fingerprint density at radius 3 is 2.22 bits per heavy atom. The van der Waals surface area contributed by atoms with Gasteiger partial charge in [0.25, 0.3) is 5.91 Å². The zero-order valence-electron chi connectivity index (χ0n) is 25.4. The van der Waals surface area contributed by atoms with Gasteiger partial charge in [-0.3, -0.25) is 24.0 Å². The van der Waals surface area contributed by atoms with E-state index in [0.717, 1.165) is 19.3 Å². The number of primary amides is 1. The molecule has 3 aliphatic rings. The van der Waals surface area contributed by atoms with Gasteiger partial charge in [-0.15, -0.1) is 0 Å². The second-order valence-corrected chi connectivity index (χ2v) is 13.3. The molecule has 41 heavy (non-hydrogen) atoms. The van der Waals surface area contributed by atoms with Crippen molar-refractivity contribution in [2.24, 2.45) is 28.9 Å². The van der Waals surface area contributed by atoms with E-state index in [1.807, 2.05) is 13.8 Å². The number of hydrogen-bond donors (Lipinski definition) is 3. The number of ketones is 2. The largest absolute Gasteiger partial charge is 0.444 e. The summed E-state index contributed by atoms with van der Waals surface area (Å²) in [6.07, 6.45) is 4.09. The Morgan fingerprint density at radius 2 is 1.71 bits per heavy atom. The molecule has 11 nitrogen and oxygen atoms in total. The van der Waals surface area contributed by atoms with Gasteiger partial charge in [0.15, 0.2) is 5.78 Å². The van der Waals surface area contributed by atoms with Crippen molar-refractivity contribution in [3.63, 3.8) is 0 Å². The smallest absolute Gasteiger partial charge is 0.408 e. The molecule has 1 heterocycles. The molecule has 0 aromatic heterocycles. The number of alkyl carbamates (subject to hydrolysis) is 1. The minimum absolute atomic E-state index is 0.0159. The van der Waals surface area contributed by atoms with Crippen LogP contribution < -0.4 is 16.4 Å². The Morgan fingerprint density at radius 1 is 1.07 bits per heavy atom. The summed E-state index contributed by atoms with van der Waals surface area (Å²) < 4.78 is 5.37. The molecule has 1 aliphatic heterocycles. The maximum absolute atomic E-state index is 14.0. The molecule has 0 bridgehead atoms. The van der Waals surface area contributed by atoms with E-state index in [-0.39, 0.29) is 41.8 Å². The quantitative estimate of drug-likeness (QED) is 0.238. The van der Waals surface area contributed by atoms with Crippen LogP contribution in [0.5, 0.6) is 0 Å². The van der Waals surface area contributed by atoms with Gasteiger partial charge in [0.05, 0.1) is 6.04 Å². The fourth-order valence-electron chi connectivity index (χ4n) is 6.08. The molecule has 0 radical (unpaired) electrons. The first-order valence-corrected chi connectivity index (χ1v) is 14.6. The number of ether oxygens (including phenoxy) is 1. The molecule has 2 saturated carbocycles. The van der Waals surface area contributed by atoms with Crippen molar-refractivity contribution in [1.29, 1.82) is 0 Å². The average molecular weight is 575 g/mol. The van der Waals surface area contributed by atoms with Crippen molar-refractivity contribution >= 4 is 35.4 Å². The number of hydrogen-bond acceptors (Lipinski definition) is 7. The van der Waals surface area contributed by atoms with E-state index in [1.54, 1.807) is 40.7 Å². The number of nitrogens with two attached hydrogens (primary N) is 1. The lowest BCUT2D eigenvalue weighted by atomic mass is 9.80. The average Bonchev–Trinajstić information content (AvgIpc) is 3.17. The minimum Gasteiger partial charge on any atom is -0.444 e. The van der Waals surface area contributed by atoms with Gasteiger partial charge in [-0.05, 0) is 76.2 Å². The second-order valence-electron chi connectivity index (χ2n) is 13.3. The molecular weight excluding hydrogens is 528 g/mol. The highest BCUT2D eigenvalue weighted by Crippen LogP contribution is 2.65. The highest BCUT2D eigenvalue weighted by atomic mass is 16.6. The van der Waals surface area contributed by atoms with Crippen LogP contribution in [0.2, 0.25) is 0 Å². The van der Waals surface area contributed by atoms with E-state index in [2.05, 4.69) is 10.6 Å². The van der Waals surface area contributed by atoms with Crippen LogP contribution in [0.3, 0.4) is 0 Å². The van der Waals surface area contributed by atoms with Gasteiger partial charge in [-0.2, -0.15) is 0 Å². The Balaban J connectivity index is 1.84. The third kappa shape index (κ3) is 7.54. The summed E-state index contributed by atoms with van der Waals surface area (Å²) in [6.45, 7) is 12.9. The first-order chi connectivity index (χ1) is 19.0. The molecule has 0 aromatic rings. The number of Topliss-reactive ketones (excluding diaryl/α,β-unsaturated/α-hetero) is 2. The number of fused-ring (bicyclic) bond motifs is 1. The first kappa shape index (κ1) is 32.3. The van der Waals surface area contributed by atoms with Gasteiger partial charge in [-0.25, -0.2) is 4.79 Å². The third-order valence-electron chi connectivity index (χ3n) is 8.95. The summed E-state index contributed by atoms with van der Waals surface area (Å²) in [5.74, 6) is -3.03. The lowest BCUT2D eigenvalue weighted by molar-refractivity contribution is -0.144. The molecule has 4 amide bonds. The SMILES string of the molecule is CC=C(C)C(=O)CC[C@H](NC(=O)OC(C)(C)C)C(=O)N1CC2[C@@H](C1C(=O)NC(CC1CCC1)C(=O)C(N)=O)C2(C)C. The van der Waals surface area contributed by atoms with Gasteiger partial charge in [0, 0.05) is 13.0 Å². The molecule has 3 rings (SSSR count). The van der Waals surface area contributed by atoms with Crippen molar-refractivity contribution < 1.29 is 33.5 Å². The first-order valence-electron chi connectivity index (χ1n) is 14.6. The summed E-state index contributed by atoms with van der Waals surface area (Å²) in [6, 6.07) is -3.06. The van der Waals surface area contributed by atoms with Crippen molar-refractivity contribution in [2.75, 3.05) is 6.54 Å². The maximum Gasteiger partial charge on any atom is 0.408 e. The van der Waals surface area contributed by atoms with E-state index < -0.39 is 53.3 Å². The molecule has 11 heteroatoms. The van der Waals surface area contributed by atoms with Crippen molar-refractivity contribution in [3.8, 4) is 0 Å². The van der Waals surface area contributed by atoms with Crippen LogP contribution >= 0.6 is 0 Å². The number of piperidine rings is 1. The van der Waals surface area contributed by atoms with Crippen LogP contribution in [-0.2, 0) is 28.7 Å². The number of nitrogens with zero attached hydrogens (tertiary/aromatic N) is 1. The normalized spacial score (nSPS) is 24.8. The van der Waals surface area contributed by atoms with Gasteiger partial charge >= 0.3 is 6.09 Å². The molecule has 3 unspecified atom stereocenters. The third-order valence-corrected chi connectivity index (χ3v) is 8.95. The summed E-state index contributed by atoms with van der Waals surface area (Å²) >= 11 is 0. The van der Waals surface area contributed by atoms with E-state index in [1.165, 1.54) is 4.90 Å². The topological polar surface area (TPSA) is 165 Å². The van der Waals surface area contributed by atoms with E-state index in [9.17, 15) is 28.8 Å². The van der Waals surface area contributed by atoms with E-state index in [4.69, 9.17) is 10.5 Å². The summed E-state index contributed by atoms with van der Waals surface area (Å²) in [5.41, 5.74) is 4.82. The Bertz CT molecular complexity index is 1120.